The van der Waals surface area contributed by atoms with Crippen LogP contribution in [0.1, 0.15) is 43.9 Å². The lowest BCUT2D eigenvalue weighted by molar-refractivity contribution is -0.139. The molecule has 3 heterocycles. The lowest BCUT2D eigenvalue weighted by Gasteiger charge is -2.26. The summed E-state index contributed by atoms with van der Waals surface area (Å²) in [5, 5.41) is 0. The van der Waals surface area contributed by atoms with Crippen LogP contribution in [-0.4, -0.2) is 30.9 Å². The summed E-state index contributed by atoms with van der Waals surface area (Å²) in [5.74, 6) is 1.80. The molecule has 1 aliphatic rings. The van der Waals surface area contributed by atoms with Gasteiger partial charge in [0.1, 0.15) is 11.5 Å². The van der Waals surface area contributed by atoms with Crippen molar-refractivity contribution in [3.05, 3.63) is 76.8 Å². The maximum Gasteiger partial charge on any atom is 0.338 e. The second kappa shape index (κ2) is 10.2. The van der Waals surface area contributed by atoms with Gasteiger partial charge in [-0.05, 0) is 57.5 Å². The number of nitrogens with zero attached hydrogens (tertiary/aromatic N) is 2. The molecule has 0 radical (unpaired) electrons. The molecule has 1 aliphatic heterocycles. The molecule has 0 amide bonds. The third-order valence-corrected chi connectivity index (χ3v) is 7.10. The Morgan fingerprint density at radius 3 is 2.63 bits per heavy atom. The minimum atomic E-state index is -0.787. The van der Waals surface area contributed by atoms with Crippen LogP contribution >= 0.6 is 27.3 Å². The van der Waals surface area contributed by atoms with Crippen molar-refractivity contribution in [1.29, 1.82) is 0 Å². The number of aromatic nitrogens is 1. The van der Waals surface area contributed by atoms with Gasteiger partial charge in [-0.3, -0.25) is 9.36 Å². The Morgan fingerprint density at radius 2 is 2.00 bits per heavy atom. The molecule has 2 aromatic heterocycles. The quantitative estimate of drug-likeness (QED) is 0.407. The molecule has 0 spiro atoms. The molecular formula is C25H25BrN2O6S. The molecule has 1 atom stereocenters. The number of rotatable bonds is 7. The SMILES string of the molecule is CCOC(=O)C1=C(C)N=c2s/c(=C/c3ccc(C)o3)c(=O)n2[C@@H]1c1cc(OC)c(OCC)cc1Br. The van der Waals surface area contributed by atoms with E-state index in [4.69, 9.17) is 18.6 Å². The maximum absolute atomic E-state index is 13.7. The van der Waals surface area contributed by atoms with Crippen LogP contribution in [-0.2, 0) is 9.53 Å². The zero-order valence-electron chi connectivity index (χ0n) is 20.0. The summed E-state index contributed by atoms with van der Waals surface area (Å²) in [6, 6.07) is 6.39. The number of carbonyl (C=O) groups is 1. The molecule has 184 valence electrons. The number of benzene rings is 1. The van der Waals surface area contributed by atoms with Gasteiger partial charge in [0.2, 0.25) is 0 Å². The summed E-state index contributed by atoms with van der Waals surface area (Å²) in [5.41, 5.74) is 1.12. The Kier molecular flexibility index (Phi) is 7.32. The van der Waals surface area contributed by atoms with Crippen molar-refractivity contribution in [2.45, 2.75) is 33.7 Å². The number of thiazole rings is 1. The standard InChI is InChI=1S/C25H25BrN2O6S/c1-6-32-19-12-17(26)16(11-18(19)31-5)22-21(24(30)33-7-2)14(4)27-25-28(22)23(29)20(35-25)10-15-9-8-13(3)34-15/h8-12,22H,6-7H2,1-5H3/b20-10+/t22-/m1/s1. The average Bonchev–Trinajstić information content (AvgIpc) is 3.36. The Morgan fingerprint density at radius 1 is 1.23 bits per heavy atom. The van der Waals surface area contributed by atoms with E-state index in [1.165, 1.54) is 15.9 Å². The van der Waals surface area contributed by atoms with E-state index in [1.54, 1.807) is 45.2 Å². The van der Waals surface area contributed by atoms with Gasteiger partial charge in [-0.25, -0.2) is 9.79 Å². The van der Waals surface area contributed by atoms with E-state index in [0.29, 0.717) is 48.9 Å². The van der Waals surface area contributed by atoms with E-state index in [1.807, 2.05) is 19.9 Å². The largest absolute Gasteiger partial charge is 0.493 e. The van der Waals surface area contributed by atoms with Crippen LogP contribution in [0.2, 0.25) is 0 Å². The smallest absolute Gasteiger partial charge is 0.338 e. The van der Waals surface area contributed by atoms with E-state index in [9.17, 15) is 9.59 Å². The Balaban J connectivity index is 2.00. The summed E-state index contributed by atoms with van der Waals surface area (Å²) < 4.78 is 24.9. The molecule has 0 bridgehead atoms. The number of aryl methyl sites for hydroxylation is 1. The molecule has 4 rings (SSSR count). The van der Waals surface area contributed by atoms with Gasteiger partial charge in [-0.1, -0.05) is 27.3 Å². The van der Waals surface area contributed by atoms with Crippen molar-refractivity contribution >= 4 is 39.3 Å². The number of hydrogen-bond acceptors (Lipinski definition) is 8. The fourth-order valence-electron chi connectivity index (χ4n) is 3.93. The Hall–Kier alpha value is -3.11. The number of hydrogen-bond donors (Lipinski definition) is 0. The van der Waals surface area contributed by atoms with Crippen LogP contribution in [0, 0.1) is 6.92 Å². The second-order valence-corrected chi connectivity index (χ2v) is 9.57. The first-order valence-electron chi connectivity index (χ1n) is 11.0. The number of ether oxygens (including phenoxy) is 3. The second-order valence-electron chi connectivity index (χ2n) is 7.71. The topological polar surface area (TPSA) is 92.3 Å². The molecule has 3 aromatic rings. The first-order chi connectivity index (χ1) is 16.8. The van der Waals surface area contributed by atoms with Crippen LogP contribution < -0.4 is 24.4 Å². The average molecular weight is 561 g/mol. The first-order valence-corrected chi connectivity index (χ1v) is 12.7. The molecule has 0 N–H and O–H groups in total. The van der Waals surface area contributed by atoms with Crippen molar-refractivity contribution in [2.24, 2.45) is 4.99 Å². The first kappa shape index (κ1) is 25.0. The minimum absolute atomic E-state index is 0.193. The Labute approximate surface area is 214 Å². The highest BCUT2D eigenvalue weighted by molar-refractivity contribution is 9.10. The molecule has 0 fully saturated rings. The Bertz CT molecular complexity index is 1500. The molecule has 0 aliphatic carbocycles. The van der Waals surface area contributed by atoms with Gasteiger partial charge in [-0.2, -0.15) is 0 Å². The van der Waals surface area contributed by atoms with Gasteiger partial charge in [0.15, 0.2) is 16.3 Å². The number of carbonyl (C=O) groups excluding carboxylic acids is 1. The van der Waals surface area contributed by atoms with E-state index in [0.717, 1.165) is 5.76 Å². The van der Waals surface area contributed by atoms with Crippen molar-refractivity contribution in [3.63, 3.8) is 0 Å². The monoisotopic (exact) mass is 560 g/mol. The molecule has 0 saturated carbocycles. The fourth-order valence-corrected chi connectivity index (χ4v) is 5.50. The number of halogens is 1. The normalized spacial score (nSPS) is 15.6. The lowest BCUT2D eigenvalue weighted by Crippen LogP contribution is -2.40. The number of allylic oxidation sites excluding steroid dienone is 1. The molecule has 35 heavy (non-hydrogen) atoms. The van der Waals surface area contributed by atoms with E-state index >= 15 is 0 Å². The van der Waals surface area contributed by atoms with Gasteiger partial charge in [0, 0.05) is 10.5 Å². The highest BCUT2D eigenvalue weighted by Gasteiger charge is 2.35. The van der Waals surface area contributed by atoms with Crippen molar-refractivity contribution in [1.82, 2.24) is 4.57 Å². The van der Waals surface area contributed by atoms with E-state index < -0.39 is 12.0 Å². The lowest BCUT2D eigenvalue weighted by atomic mass is 9.95. The van der Waals surface area contributed by atoms with Crippen molar-refractivity contribution < 1.29 is 23.4 Å². The van der Waals surface area contributed by atoms with Gasteiger partial charge < -0.3 is 18.6 Å². The number of fused-ring (bicyclic) bond motifs is 1. The molecule has 1 aromatic carbocycles. The molecular weight excluding hydrogens is 536 g/mol. The van der Waals surface area contributed by atoms with Gasteiger partial charge in [0.05, 0.1) is 42.2 Å². The number of furan rings is 1. The third-order valence-electron chi connectivity index (χ3n) is 5.43. The van der Waals surface area contributed by atoms with Crippen LogP contribution in [0.15, 0.2) is 54.2 Å². The summed E-state index contributed by atoms with van der Waals surface area (Å²) in [7, 11) is 1.54. The van der Waals surface area contributed by atoms with Crippen LogP contribution in [0.3, 0.4) is 0 Å². The fraction of sp³-hybridized carbons (Fsp3) is 0.320. The van der Waals surface area contributed by atoms with Crippen molar-refractivity contribution in [2.75, 3.05) is 20.3 Å². The zero-order chi connectivity index (χ0) is 25.3. The summed E-state index contributed by atoms with van der Waals surface area (Å²) in [6.45, 7) is 7.84. The minimum Gasteiger partial charge on any atom is -0.493 e. The van der Waals surface area contributed by atoms with E-state index in [-0.39, 0.29) is 17.7 Å². The highest BCUT2D eigenvalue weighted by atomic mass is 79.9. The van der Waals surface area contributed by atoms with Crippen LogP contribution in [0.25, 0.3) is 6.08 Å². The number of methoxy groups -OCH3 is 1. The van der Waals surface area contributed by atoms with Crippen LogP contribution in [0.4, 0.5) is 0 Å². The molecule has 10 heteroatoms. The van der Waals surface area contributed by atoms with Gasteiger partial charge in [0.25, 0.3) is 5.56 Å². The summed E-state index contributed by atoms with van der Waals surface area (Å²) in [6.07, 6.45) is 1.69. The maximum atomic E-state index is 13.7. The molecule has 0 unspecified atom stereocenters. The van der Waals surface area contributed by atoms with Gasteiger partial charge in [-0.15, -0.1) is 0 Å². The predicted octanol–water partition coefficient (Wildman–Crippen LogP) is 3.87. The van der Waals surface area contributed by atoms with E-state index in [2.05, 4.69) is 20.9 Å². The zero-order valence-corrected chi connectivity index (χ0v) is 22.4. The predicted molar refractivity (Wildman–Crippen MR) is 136 cm³/mol. The molecule has 8 nitrogen and oxygen atoms in total. The highest BCUT2D eigenvalue weighted by Crippen LogP contribution is 2.41. The van der Waals surface area contributed by atoms with Crippen LogP contribution in [0.5, 0.6) is 11.5 Å². The molecule has 0 saturated heterocycles. The summed E-state index contributed by atoms with van der Waals surface area (Å²) >= 11 is 4.85. The third kappa shape index (κ3) is 4.72. The number of esters is 1. The van der Waals surface area contributed by atoms with Gasteiger partial charge >= 0.3 is 5.97 Å². The summed E-state index contributed by atoms with van der Waals surface area (Å²) in [4.78, 5) is 31.8. The van der Waals surface area contributed by atoms with Crippen molar-refractivity contribution in [3.8, 4) is 11.5 Å².